The van der Waals surface area contributed by atoms with E-state index in [1.165, 1.54) is 11.3 Å². The van der Waals surface area contributed by atoms with E-state index in [9.17, 15) is 4.79 Å². The lowest BCUT2D eigenvalue weighted by molar-refractivity contribution is -0.115. The van der Waals surface area contributed by atoms with E-state index in [1.54, 1.807) is 0 Å². The maximum atomic E-state index is 12.4. The van der Waals surface area contributed by atoms with Crippen molar-refractivity contribution in [3.05, 3.63) is 59.7 Å². The maximum absolute atomic E-state index is 12.4. The van der Waals surface area contributed by atoms with E-state index in [4.69, 9.17) is 0 Å². The van der Waals surface area contributed by atoms with Crippen molar-refractivity contribution in [3.8, 4) is 0 Å². The molecule has 2 aromatic rings. The van der Waals surface area contributed by atoms with Gasteiger partial charge in [-0.25, -0.2) is 0 Å². The van der Waals surface area contributed by atoms with Gasteiger partial charge in [-0.1, -0.05) is 36.4 Å². The van der Waals surface area contributed by atoms with Gasteiger partial charge in [0, 0.05) is 17.4 Å². The van der Waals surface area contributed by atoms with E-state index in [0.29, 0.717) is 12.6 Å². The predicted octanol–water partition coefficient (Wildman–Crippen LogP) is 3.77. The van der Waals surface area contributed by atoms with Crippen molar-refractivity contribution in [1.29, 1.82) is 0 Å². The van der Waals surface area contributed by atoms with Crippen molar-refractivity contribution in [2.45, 2.75) is 32.7 Å². The molecule has 0 saturated heterocycles. The summed E-state index contributed by atoms with van der Waals surface area (Å²) >= 11 is 0. The molecule has 0 bridgehead atoms. The van der Waals surface area contributed by atoms with Gasteiger partial charge in [0.1, 0.15) is 0 Å². The van der Waals surface area contributed by atoms with E-state index in [2.05, 4.69) is 35.3 Å². The molecule has 0 fully saturated rings. The molecule has 22 heavy (non-hydrogen) atoms. The Balaban J connectivity index is 1.75. The summed E-state index contributed by atoms with van der Waals surface area (Å²) in [5, 5.41) is 3.03. The molecule has 1 aliphatic rings. The highest BCUT2D eigenvalue weighted by atomic mass is 16.2. The molecule has 3 heteroatoms. The first kappa shape index (κ1) is 14.6. The second-order valence-corrected chi connectivity index (χ2v) is 6.01. The van der Waals surface area contributed by atoms with Gasteiger partial charge in [-0.05, 0) is 49.9 Å². The molecule has 0 radical (unpaired) electrons. The Kier molecular flexibility index (Phi) is 4.14. The van der Waals surface area contributed by atoms with Crippen molar-refractivity contribution in [1.82, 2.24) is 0 Å². The lowest BCUT2D eigenvalue weighted by Gasteiger charge is -2.36. The number of hydrogen-bond acceptors (Lipinski definition) is 2. The summed E-state index contributed by atoms with van der Waals surface area (Å²) in [6.45, 7) is 4.60. The summed E-state index contributed by atoms with van der Waals surface area (Å²) in [5.74, 6) is 0.0397. The molecule has 0 spiro atoms. The molecule has 3 rings (SSSR count). The minimum atomic E-state index is 0.0397. The van der Waals surface area contributed by atoms with Crippen LogP contribution < -0.4 is 10.2 Å². The van der Waals surface area contributed by atoms with Crippen LogP contribution >= 0.6 is 0 Å². The van der Waals surface area contributed by atoms with Crippen LogP contribution in [0.3, 0.4) is 0 Å². The van der Waals surface area contributed by atoms with Crippen molar-refractivity contribution in [2.24, 2.45) is 0 Å². The summed E-state index contributed by atoms with van der Waals surface area (Å²) in [4.78, 5) is 14.7. The molecule has 2 aromatic carbocycles. The van der Waals surface area contributed by atoms with Crippen LogP contribution in [0.5, 0.6) is 0 Å². The molecule has 0 unspecified atom stereocenters. The molecular weight excluding hydrogens is 272 g/mol. The van der Waals surface area contributed by atoms with Gasteiger partial charge in [0.05, 0.1) is 6.54 Å². The van der Waals surface area contributed by atoms with E-state index in [-0.39, 0.29) is 5.91 Å². The highest BCUT2D eigenvalue weighted by Crippen LogP contribution is 2.30. The number of benzene rings is 2. The molecular formula is C19H22N2O. The zero-order valence-electron chi connectivity index (χ0n) is 13.2. The quantitative estimate of drug-likeness (QED) is 0.934. The number of para-hydroxylation sites is 2. The van der Waals surface area contributed by atoms with Crippen LogP contribution in [0.1, 0.15) is 24.5 Å². The number of fused-ring (bicyclic) bond motifs is 1. The third-order valence-corrected chi connectivity index (χ3v) is 4.40. The van der Waals surface area contributed by atoms with Crippen LogP contribution in [0, 0.1) is 6.92 Å². The Hall–Kier alpha value is -2.29. The first-order chi connectivity index (χ1) is 10.6. The number of hydrogen-bond donors (Lipinski definition) is 1. The van der Waals surface area contributed by atoms with Crippen LogP contribution in [0.25, 0.3) is 0 Å². The van der Waals surface area contributed by atoms with Crippen LogP contribution in [0.2, 0.25) is 0 Å². The number of carbonyl (C=O) groups is 1. The first-order valence-electron chi connectivity index (χ1n) is 7.85. The van der Waals surface area contributed by atoms with Crippen molar-refractivity contribution in [2.75, 3.05) is 16.8 Å². The van der Waals surface area contributed by atoms with Crippen molar-refractivity contribution < 1.29 is 4.79 Å². The van der Waals surface area contributed by atoms with Gasteiger partial charge >= 0.3 is 0 Å². The molecule has 1 N–H and O–H groups in total. The number of carbonyl (C=O) groups excluding carboxylic acids is 1. The van der Waals surface area contributed by atoms with E-state index in [1.807, 2.05) is 37.3 Å². The van der Waals surface area contributed by atoms with Crippen LogP contribution in [-0.2, 0) is 11.2 Å². The summed E-state index contributed by atoms with van der Waals surface area (Å²) in [5.41, 5.74) is 4.51. The van der Waals surface area contributed by atoms with Crippen LogP contribution in [0.4, 0.5) is 11.4 Å². The lowest BCUT2D eigenvalue weighted by atomic mass is 9.96. The number of nitrogens with zero attached hydrogens (tertiary/aromatic N) is 1. The summed E-state index contributed by atoms with van der Waals surface area (Å²) < 4.78 is 0. The molecule has 0 saturated carbocycles. The Morgan fingerprint density at radius 2 is 1.91 bits per heavy atom. The van der Waals surface area contributed by atoms with E-state index in [0.717, 1.165) is 24.1 Å². The number of aryl methyl sites for hydroxylation is 2. The largest absolute Gasteiger partial charge is 0.359 e. The minimum Gasteiger partial charge on any atom is -0.359 e. The van der Waals surface area contributed by atoms with Gasteiger partial charge in [-0.2, -0.15) is 0 Å². The number of amides is 1. The molecule has 0 aromatic heterocycles. The SMILES string of the molecule is Cc1ccccc1NC(=O)CN1c2ccccc2CC[C@H]1C. The summed E-state index contributed by atoms with van der Waals surface area (Å²) in [6, 6.07) is 16.7. The second-order valence-electron chi connectivity index (χ2n) is 6.01. The summed E-state index contributed by atoms with van der Waals surface area (Å²) in [6.07, 6.45) is 2.18. The fourth-order valence-electron chi connectivity index (χ4n) is 3.06. The van der Waals surface area contributed by atoms with E-state index >= 15 is 0 Å². The Labute approximate surface area is 132 Å². The zero-order chi connectivity index (χ0) is 15.5. The monoisotopic (exact) mass is 294 g/mol. The third kappa shape index (κ3) is 2.98. The molecule has 114 valence electrons. The lowest BCUT2D eigenvalue weighted by Crippen LogP contribution is -2.42. The average molecular weight is 294 g/mol. The maximum Gasteiger partial charge on any atom is 0.243 e. The topological polar surface area (TPSA) is 32.3 Å². The number of rotatable bonds is 3. The average Bonchev–Trinajstić information content (AvgIpc) is 2.52. The highest BCUT2D eigenvalue weighted by molar-refractivity contribution is 5.95. The van der Waals surface area contributed by atoms with Crippen LogP contribution in [0.15, 0.2) is 48.5 Å². The molecule has 1 heterocycles. The minimum absolute atomic E-state index is 0.0397. The smallest absolute Gasteiger partial charge is 0.243 e. The fourth-order valence-corrected chi connectivity index (χ4v) is 3.06. The van der Waals surface area contributed by atoms with Gasteiger partial charge in [0.25, 0.3) is 0 Å². The standard InChI is InChI=1S/C19H22N2O/c1-14-7-3-5-9-17(14)20-19(22)13-21-15(2)11-12-16-8-4-6-10-18(16)21/h3-10,15H,11-13H2,1-2H3,(H,20,22)/t15-/m1/s1. The van der Waals surface area contributed by atoms with Gasteiger partial charge < -0.3 is 10.2 Å². The van der Waals surface area contributed by atoms with Gasteiger partial charge in [-0.15, -0.1) is 0 Å². The van der Waals surface area contributed by atoms with Crippen molar-refractivity contribution in [3.63, 3.8) is 0 Å². The molecule has 0 aliphatic carbocycles. The fraction of sp³-hybridized carbons (Fsp3) is 0.316. The number of anilines is 2. The Morgan fingerprint density at radius 1 is 1.18 bits per heavy atom. The Bertz CT molecular complexity index is 681. The third-order valence-electron chi connectivity index (χ3n) is 4.40. The predicted molar refractivity (Wildman–Crippen MR) is 91.4 cm³/mol. The molecule has 3 nitrogen and oxygen atoms in total. The zero-order valence-corrected chi connectivity index (χ0v) is 13.2. The highest BCUT2D eigenvalue weighted by Gasteiger charge is 2.24. The molecule has 1 aliphatic heterocycles. The summed E-state index contributed by atoms with van der Waals surface area (Å²) in [7, 11) is 0. The van der Waals surface area contributed by atoms with Crippen molar-refractivity contribution >= 4 is 17.3 Å². The normalized spacial score (nSPS) is 17.0. The van der Waals surface area contributed by atoms with Gasteiger partial charge in [-0.3, -0.25) is 4.79 Å². The first-order valence-corrected chi connectivity index (χ1v) is 7.85. The van der Waals surface area contributed by atoms with Gasteiger partial charge in [0.2, 0.25) is 5.91 Å². The molecule has 1 atom stereocenters. The second kappa shape index (κ2) is 6.22. The number of nitrogens with one attached hydrogen (secondary N) is 1. The Morgan fingerprint density at radius 3 is 2.73 bits per heavy atom. The van der Waals surface area contributed by atoms with E-state index < -0.39 is 0 Å². The molecule has 1 amide bonds. The van der Waals surface area contributed by atoms with Crippen LogP contribution in [-0.4, -0.2) is 18.5 Å². The van der Waals surface area contributed by atoms with Gasteiger partial charge in [0.15, 0.2) is 0 Å².